The van der Waals surface area contributed by atoms with Crippen molar-refractivity contribution in [3.05, 3.63) is 49.1 Å². The number of esters is 1. The predicted molar refractivity (Wildman–Crippen MR) is 120 cm³/mol. The number of hydrogen-bond acceptors (Lipinski definition) is 5. The molecule has 0 heterocycles. The molecule has 0 N–H and O–H groups in total. The number of unbranched alkanes of at least 4 members (excludes halogenated alkanes) is 1. The van der Waals surface area contributed by atoms with Crippen LogP contribution in [0.15, 0.2) is 49.1 Å². The van der Waals surface area contributed by atoms with Crippen molar-refractivity contribution >= 4 is 16.7 Å². The van der Waals surface area contributed by atoms with Gasteiger partial charge in [-0.15, -0.1) is 0 Å². The topological polar surface area (TPSA) is 54.0 Å². The second-order valence-electron chi connectivity index (χ2n) is 7.34. The normalized spacial score (nSPS) is 12.9. The Bertz CT molecular complexity index is 801. The lowest BCUT2D eigenvalue weighted by Gasteiger charge is -2.21. The number of carbonyl (C=O) groups excluding carboxylic acids is 1. The van der Waals surface area contributed by atoms with Gasteiger partial charge < -0.3 is 18.9 Å². The molecular formula is C25H34O5. The fourth-order valence-corrected chi connectivity index (χ4v) is 3.32. The van der Waals surface area contributed by atoms with E-state index in [1.54, 1.807) is 7.11 Å². The minimum atomic E-state index is -0.514. The fraction of sp³-hybridized carbons (Fsp3) is 0.480. The van der Waals surface area contributed by atoms with E-state index in [4.69, 9.17) is 18.9 Å². The van der Waals surface area contributed by atoms with Crippen molar-refractivity contribution in [2.45, 2.75) is 45.6 Å². The van der Waals surface area contributed by atoms with Gasteiger partial charge in [0.25, 0.3) is 0 Å². The van der Waals surface area contributed by atoms with E-state index in [1.807, 2.05) is 36.4 Å². The summed E-state index contributed by atoms with van der Waals surface area (Å²) in [5.74, 6) is 1.53. The minimum absolute atomic E-state index is 0.196. The summed E-state index contributed by atoms with van der Waals surface area (Å²) in [6.45, 7) is 8.99. The maximum atomic E-state index is 11.8. The lowest BCUT2D eigenvalue weighted by atomic mass is 10.0. The Morgan fingerprint density at radius 3 is 2.37 bits per heavy atom. The summed E-state index contributed by atoms with van der Waals surface area (Å²) in [4.78, 5) is 11.8. The summed E-state index contributed by atoms with van der Waals surface area (Å²) in [7, 11) is 1.65. The first-order chi connectivity index (χ1) is 14.6. The van der Waals surface area contributed by atoms with Gasteiger partial charge in [0.15, 0.2) is 6.10 Å². The molecule has 0 aliphatic heterocycles. The van der Waals surface area contributed by atoms with E-state index in [2.05, 4.69) is 20.4 Å². The zero-order valence-electron chi connectivity index (χ0n) is 18.4. The van der Waals surface area contributed by atoms with Crippen LogP contribution in [-0.2, 0) is 14.3 Å². The van der Waals surface area contributed by atoms with Crippen molar-refractivity contribution < 1.29 is 23.7 Å². The molecule has 2 unspecified atom stereocenters. The van der Waals surface area contributed by atoms with Crippen LogP contribution in [0.2, 0.25) is 0 Å². The molecule has 2 aromatic rings. The second-order valence-corrected chi connectivity index (χ2v) is 7.34. The molecule has 0 radical (unpaired) electrons. The van der Waals surface area contributed by atoms with Gasteiger partial charge in [-0.05, 0) is 24.5 Å². The number of carbonyl (C=O) groups is 1. The van der Waals surface area contributed by atoms with E-state index in [9.17, 15) is 4.79 Å². The molecule has 164 valence electrons. The van der Waals surface area contributed by atoms with Crippen molar-refractivity contribution in [1.82, 2.24) is 0 Å². The van der Waals surface area contributed by atoms with Gasteiger partial charge in [-0.2, -0.15) is 0 Å². The SMILES string of the molecule is C=CC(=O)OC(COCC(CC)CCCC)COc1ccc(OC)c2ccccc12. The Morgan fingerprint density at radius 1 is 1.03 bits per heavy atom. The molecule has 0 saturated heterocycles. The van der Waals surface area contributed by atoms with Crippen LogP contribution in [0, 0.1) is 5.92 Å². The third-order valence-electron chi connectivity index (χ3n) is 5.14. The van der Waals surface area contributed by atoms with Crippen LogP contribution in [0.25, 0.3) is 10.8 Å². The standard InChI is InChI=1S/C25H34O5/c1-5-8-11-19(6-2)16-28-17-20(30-25(26)7-3)18-29-24-15-14-23(27-4)21-12-9-10-13-22(21)24/h7,9-10,12-15,19-20H,3,5-6,8,11,16-18H2,1-2,4H3. The zero-order chi connectivity index (χ0) is 21.8. The van der Waals surface area contributed by atoms with E-state index in [-0.39, 0.29) is 13.2 Å². The molecule has 2 atom stereocenters. The highest BCUT2D eigenvalue weighted by atomic mass is 16.6. The van der Waals surface area contributed by atoms with Crippen LogP contribution in [0.5, 0.6) is 11.5 Å². The maximum Gasteiger partial charge on any atom is 0.330 e. The number of hydrogen-bond donors (Lipinski definition) is 0. The van der Waals surface area contributed by atoms with E-state index in [0.29, 0.717) is 18.3 Å². The van der Waals surface area contributed by atoms with Crippen molar-refractivity contribution in [2.75, 3.05) is 26.9 Å². The number of fused-ring (bicyclic) bond motifs is 1. The van der Waals surface area contributed by atoms with Crippen LogP contribution >= 0.6 is 0 Å². The summed E-state index contributed by atoms with van der Waals surface area (Å²) >= 11 is 0. The van der Waals surface area contributed by atoms with E-state index in [0.717, 1.165) is 35.4 Å². The van der Waals surface area contributed by atoms with Crippen LogP contribution in [0.4, 0.5) is 0 Å². The maximum absolute atomic E-state index is 11.8. The monoisotopic (exact) mass is 414 g/mol. The van der Waals surface area contributed by atoms with Gasteiger partial charge in [0.05, 0.1) is 13.7 Å². The summed E-state index contributed by atoms with van der Waals surface area (Å²) in [5, 5.41) is 1.91. The molecule has 0 fully saturated rings. The molecule has 2 aromatic carbocycles. The first-order valence-electron chi connectivity index (χ1n) is 10.7. The summed E-state index contributed by atoms with van der Waals surface area (Å²) < 4.78 is 22.8. The summed E-state index contributed by atoms with van der Waals surface area (Å²) in [6.07, 6.45) is 5.25. The molecule has 0 bridgehead atoms. The number of benzene rings is 2. The average Bonchev–Trinajstić information content (AvgIpc) is 2.79. The minimum Gasteiger partial charge on any atom is -0.496 e. The van der Waals surface area contributed by atoms with Gasteiger partial charge in [0, 0.05) is 23.5 Å². The Labute approximate surface area is 180 Å². The molecule has 0 aliphatic rings. The van der Waals surface area contributed by atoms with E-state index in [1.165, 1.54) is 12.8 Å². The van der Waals surface area contributed by atoms with Crippen molar-refractivity contribution in [3.8, 4) is 11.5 Å². The first kappa shape index (κ1) is 23.7. The van der Waals surface area contributed by atoms with Gasteiger partial charge in [-0.3, -0.25) is 0 Å². The molecule has 30 heavy (non-hydrogen) atoms. The average molecular weight is 415 g/mol. The molecule has 2 rings (SSSR count). The lowest BCUT2D eigenvalue weighted by Crippen LogP contribution is -2.30. The largest absolute Gasteiger partial charge is 0.496 e. The Hall–Kier alpha value is -2.53. The number of ether oxygens (including phenoxy) is 4. The summed E-state index contributed by atoms with van der Waals surface area (Å²) in [6, 6.07) is 11.6. The number of methoxy groups -OCH3 is 1. The second kappa shape index (κ2) is 12.9. The molecule has 0 amide bonds. The molecule has 0 spiro atoms. The quantitative estimate of drug-likeness (QED) is 0.299. The van der Waals surface area contributed by atoms with E-state index < -0.39 is 12.1 Å². The van der Waals surface area contributed by atoms with Crippen molar-refractivity contribution in [2.24, 2.45) is 5.92 Å². The van der Waals surface area contributed by atoms with Crippen LogP contribution in [-0.4, -0.2) is 39.0 Å². The van der Waals surface area contributed by atoms with Gasteiger partial charge in [0.1, 0.15) is 18.1 Å². The molecule has 0 aliphatic carbocycles. The highest BCUT2D eigenvalue weighted by molar-refractivity contribution is 5.93. The van der Waals surface area contributed by atoms with Crippen LogP contribution in [0.3, 0.4) is 0 Å². The Kier molecular flexibility index (Phi) is 10.2. The highest BCUT2D eigenvalue weighted by Crippen LogP contribution is 2.33. The van der Waals surface area contributed by atoms with Gasteiger partial charge in [-0.1, -0.05) is 64.0 Å². The van der Waals surface area contributed by atoms with Gasteiger partial charge in [0.2, 0.25) is 0 Å². The molecule has 0 aromatic heterocycles. The van der Waals surface area contributed by atoms with Gasteiger partial charge in [-0.25, -0.2) is 4.79 Å². The lowest BCUT2D eigenvalue weighted by molar-refractivity contribution is -0.148. The molecule has 5 heteroatoms. The van der Waals surface area contributed by atoms with Crippen LogP contribution < -0.4 is 9.47 Å². The van der Waals surface area contributed by atoms with Crippen molar-refractivity contribution in [3.63, 3.8) is 0 Å². The zero-order valence-corrected chi connectivity index (χ0v) is 18.4. The fourth-order valence-electron chi connectivity index (χ4n) is 3.32. The van der Waals surface area contributed by atoms with E-state index >= 15 is 0 Å². The predicted octanol–water partition coefficient (Wildman–Crippen LogP) is 5.56. The Morgan fingerprint density at radius 2 is 1.73 bits per heavy atom. The third kappa shape index (κ3) is 7.06. The smallest absolute Gasteiger partial charge is 0.330 e. The number of rotatable bonds is 14. The molecule has 0 saturated carbocycles. The Balaban J connectivity index is 2.02. The highest BCUT2D eigenvalue weighted by Gasteiger charge is 2.17. The third-order valence-corrected chi connectivity index (χ3v) is 5.14. The molecule has 5 nitrogen and oxygen atoms in total. The first-order valence-corrected chi connectivity index (χ1v) is 10.7. The summed E-state index contributed by atoms with van der Waals surface area (Å²) in [5.41, 5.74) is 0. The van der Waals surface area contributed by atoms with Crippen molar-refractivity contribution in [1.29, 1.82) is 0 Å². The molecular weight excluding hydrogens is 380 g/mol. The van der Waals surface area contributed by atoms with Gasteiger partial charge >= 0.3 is 5.97 Å². The van der Waals surface area contributed by atoms with Crippen LogP contribution in [0.1, 0.15) is 39.5 Å².